The summed E-state index contributed by atoms with van der Waals surface area (Å²) in [6, 6.07) is 13.8. The maximum Gasteiger partial charge on any atom is 0.418 e. The predicted molar refractivity (Wildman–Crippen MR) is 262 cm³/mol. The molecular formula is C47H44Cl2F5N11O9S. The number of fused-ring (bicyclic) bond motifs is 1. The van der Waals surface area contributed by atoms with Gasteiger partial charge in [0.1, 0.15) is 72.1 Å². The van der Waals surface area contributed by atoms with Gasteiger partial charge in [0.15, 0.2) is 5.84 Å². The molecule has 4 aromatic carbocycles. The number of halogens is 7. The number of rotatable bonds is 18. The van der Waals surface area contributed by atoms with Crippen molar-refractivity contribution >= 4 is 79.0 Å². The van der Waals surface area contributed by atoms with Crippen LogP contribution in [0.3, 0.4) is 0 Å². The van der Waals surface area contributed by atoms with Crippen LogP contribution in [0.5, 0.6) is 0 Å². The summed E-state index contributed by atoms with van der Waals surface area (Å²) in [6.07, 6.45) is -9.12. The van der Waals surface area contributed by atoms with Crippen LogP contribution in [0.25, 0.3) is 22.2 Å². The van der Waals surface area contributed by atoms with Gasteiger partial charge >= 0.3 is 6.18 Å². The van der Waals surface area contributed by atoms with E-state index in [1.165, 1.54) is 37.4 Å². The highest BCUT2D eigenvalue weighted by atomic mass is 35.5. The molecule has 0 unspecified atom stereocenters. The molecule has 0 radical (unpaired) electrons. The van der Waals surface area contributed by atoms with Crippen molar-refractivity contribution < 1.29 is 64.4 Å². The fourth-order valence-corrected chi connectivity index (χ4v) is 9.18. The van der Waals surface area contributed by atoms with Crippen molar-refractivity contribution in [2.24, 2.45) is 15.7 Å². The molecule has 0 aliphatic carbocycles. The lowest BCUT2D eigenvalue weighted by molar-refractivity contribution is -0.200. The number of benzene rings is 4. The molecule has 1 fully saturated rings. The number of hydrogen-bond acceptors (Lipinski definition) is 13. The van der Waals surface area contributed by atoms with Gasteiger partial charge in [-0.3, -0.25) is 14.3 Å². The van der Waals surface area contributed by atoms with Gasteiger partial charge in [0.2, 0.25) is 11.8 Å². The first-order valence-corrected chi connectivity index (χ1v) is 24.4. The number of H-pyrrole nitrogens is 1. The molecule has 1 aliphatic rings. The molecular weight excluding hydrogens is 1060 g/mol. The van der Waals surface area contributed by atoms with Crippen molar-refractivity contribution in [1.82, 2.24) is 30.6 Å². The number of aliphatic hydroxyl groups is 2. The number of amides is 2. The Bertz CT molecular complexity index is 3290. The minimum absolute atomic E-state index is 0.00193. The minimum Gasteiger partial charge on any atom is -0.394 e. The van der Waals surface area contributed by atoms with Crippen molar-refractivity contribution in [2.75, 3.05) is 37.7 Å². The van der Waals surface area contributed by atoms with Gasteiger partial charge in [-0.1, -0.05) is 46.6 Å². The first-order valence-electron chi connectivity index (χ1n) is 22.2. The normalized spacial score (nSPS) is 18.5. The molecule has 1 aliphatic heterocycles. The lowest BCUT2D eigenvalue weighted by Gasteiger charge is -2.43. The highest BCUT2D eigenvalue weighted by Gasteiger charge is 2.50. The zero-order valence-electron chi connectivity index (χ0n) is 39.2. The van der Waals surface area contributed by atoms with Crippen LogP contribution in [-0.2, 0) is 46.5 Å². The average Bonchev–Trinajstić information content (AvgIpc) is 4.03. The summed E-state index contributed by atoms with van der Waals surface area (Å²) < 4.78 is 119. The average molecular weight is 1100 g/mol. The molecule has 20 nitrogen and oxygen atoms in total. The van der Waals surface area contributed by atoms with Crippen molar-refractivity contribution in [3.8, 4) is 17.3 Å². The molecule has 396 valence electrons. The topological polar surface area (TPSA) is 294 Å². The molecule has 5 atom stereocenters. The minimum atomic E-state index is -4.96. The van der Waals surface area contributed by atoms with Crippen LogP contribution in [0.2, 0.25) is 10.0 Å². The number of sulfonamides is 1. The molecule has 0 spiro atoms. The Morgan fingerprint density at radius 1 is 1.04 bits per heavy atom. The molecule has 6 aromatic rings. The number of aliphatic hydroxyl groups excluding tert-OH is 2. The van der Waals surface area contributed by atoms with Crippen molar-refractivity contribution in [1.29, 1.82) is 5.26 Å². The Kier molecular flexibility index (Phi) is 17.5. The van der Waals surface area contributed by atoms with Crippen LogP contribution in [0.1, 0.15) is 35.2 Å². The SMILES string of the molecule is CC(N)=NC(=Nc1cc(Cl)ccc1C(F)(F)F)[C@@H]1O[C@H](CO)[C@H](O)[C@H](n2cc(-c3cc(F)c(Cl)c(F)c3)nn2)[C@H]1OCC(=O)NCCOCC(=O)NCc1ccc(S(=O)(=O)Nc2ccc(C)c3c(C#N)c[nH]c23)cc1. The number of nitrogens with one attached hydrogen (secondary N) is 4. The van der Waals surface area contributed by atoms with Crippen LogP contribution >= 0.6 is 23.2 Å². The van der Waals surface area contributed by atoms with E-state index < -0.39 is 112 Å². The summed E-state index contributed by atoms with van der Waals surface area (Å²) in [4.78, 5) is 37.0. The summed E-state index contributed by atoms with van der Waals surface area (Å²) in [7, 11) is -4.05. The maximum atomic E-state index is 14.5. The van der Waals surface area contributed by atoms with Gasteiger partial charge in [0.05, 0.1) is 58.2 Å². The number of aliphatic imine (C=N–C) groups is 2. The van der Waals surface area contributed by atoms with Crippen LogP contribution in [0, 0.1) is 29.9 Å². The zero-order chi connectivity index (χ0) is 54.4. The van der Waals surface area contributed by atoms with Gasteiger partial charge in [-0.2, -0.15) is 18.4 Å². The Morgan fingerprint density at radius 3 is 2.41 bits per heavy atom. The van der Waals surface area contributed by atoms with Crippen LogP contribution in [0.4, 0.5) is 33.3 Å². The van der Waals surface area contributed by atoms with Crippen LogP contribution in [-0.4, -0.2) is 119 Å². The number of carbonyl (C=O) groups excluding carboxylic acids is 2. The number of aromatic amines is 1. The molecule has 2 aromatic heterocycles. The van der Waals surface area contributed by atoms with E-state index in [-0.39, 0.29) is 52.4 Å². The van der Waals surface area contributed by atoms with Crippen molar-refractivity contribution in [2.45, 2.75) is 61.9 Å². The highest BCUT2D eigenvalue weighted by Crippen LogP contribution is 2.40. The van der Waals surface area contributed by atoms with Gasteiger partial charge < -0.3 is 45.8 Å². The van der Waals surface area contributed by atoms with E-state index in [2.05, 4.69) is 46.7 Å². The maximum absolute atomic E-state index is 14.5. The van der Waals surface area contributed by atoms with E-state index in [1.54, 1.807) is 19.1 Å². The summed E-state index contributed by atoms with van der Waals surface area (Å²) in [5, 5.41) is 44.2. The Hall–Kier alpha value is -7.09. The number of nitrogens with zero attached hydrogens (tertiary/aromatic N) is 6. The van der Waals surface area contributed by atoms with Gasteiger partial charge in [0.25, 0.3) is 10.0 Å². The Balaban J connectivity index is 1.00. The number of carbonyl (C=O) groups is 2. The van der Waals surface area contributed by atoms with E-state index in [0.717, 1.165) is 40.7 Å². The number of amidine groups is 2. The first kappa shape index (κ1) is 55.7. The lowest BCUT2D eigenvalue weighted by Crippen LogP contribution is -2.59. The number of alkyl halides is 3. The van der Waals surface area contributed by atoms with E-state index in [9.17, 15) is 55.4 Å². The smallest absolute Gasteiger partial charge is 0.394 e. The number of anilines is 1. The molecule has 75 heavy (non-hydrogen) atoms. The molecule has 1 saturated heterocycles. The second-order valence-electron chi connectivity index (χ2n) is 16.7. The van der Waals surface area contributed by atoms with Gasteiger partial charge in [0, 0.05) is 35.3 Å². The highest BCUT2D eigenvalue weighted by molar-refractivity contribution is 7.92. The summed E-state index contributed by atoms with van der Waals surface area (Å²) in [5.74, 6) is -4.48. The van der Waals surface area contributed by atoms with E-state index in [1.807, 2.05) is 0 Å². The summed E-state index contributed by atoms with van der Waals surface area (Å²) >= 11 is 11.7. The first-order chi connectivity index (χ1) is 35.6. The largest absolute Gasteiger partial charge is 0.418 e. The molecule has 8 N–H and O–H groups in total. The zero-order valence-corrected chi connectivity index (χ0v) is 41.5. The fourth-order valence-electron chi connectivity index (χ4n) is 7.83. The number of nitriles is 1. The number of nitrogens with two attached hydrogens (primary N) is 1. The van der Waals surface area contributed by atoms with Crippen LogP contribution in [0.15, 0.2) is 94.0 Å². The fraction of sp³-hybridized carbons (Fsp3) is 0.298. The summed E-state index contributed by atoms with van der Waals surface area (Å²) in [6.45, 7) is 0.495. The number of aryl methyl sites for hydroxylation is 1. The quantitative estimate of drug-likeness (QED) is 0.0181. The van der Waals surface area contributed by atoms with Crippen LogP contribution < -0.4 is 21.1 Å². The second-order valence-corrected chi connectivity index (χ2v) is 19.2. The molecule has 0 saturated carbocycles. The van der Waals surface area contributed by atoms with Gasteiger partial charge in [-0.05, 0) is 73.5 Å². The molecule has 2 amide bonds. The Morgan fingerprint density at radius 2 is 1.75 bits per heavy atom. The Labute approximate surface area is 433 Å². The summed E-state index contributed by atoms with van der Waals surface area (Å²) in [5.41, 5.74) is 6.05. The third-order valence-corrected chi connectivity index (χ3v) is 13.3. The molecule has 7 rings (SSSR count). The number of ether oxygens (including phenoxy) is 3. The third-order valence-electron chi connectivity index (χ3n) is 11.3. The molecule has 3 heterocycles. The standard InChI is InChI=1S/C47H44Cl2F5N11O9S/c1-23-3-10-33(41-39(23)27(16-55)18-59-41)63-75(70,71)29-7-4-25(5-8-29)17-58-37(67)21-72-12-11-57-38(68)22-73-44-42(65-19-35(62-64-65)26-13-31(50)40(49)32(51)14-26)43(69)36(20-66)74-45(44)46(60-24(2)56)61-34-15-28(48)6-9-30(34)47(52,53)54/h3-10,13-15,18-19,36,42-45,59,63,66,69H,11-12,17,20-22H2,1-2H3,(H,57,68)(H,58,67)(H2,56,60,61)/t36-,42+,43+,44-,45-/m1/s1. The predicted octanol–water partition coefficient (Wildman–Crippen LogP) is 5.61. The van der Waals surface area contributed by atoms with Crippen molar-refractivity contribution in [3.05, 3.63) is 123 Å². The van der Waals surface area contributed by atoms with Crippen molar-refractivity contribution in [3.63, 3.8) is 0 Å². The third kappa shape index (κ3) is 13.2. The lowest BCUT2D eigenvalue weighted by atomic mass is 9.91. The number of aromatic nitrogens is 4. The van der Waals surface area contributed by atoms with E-state index in [4.69, 9.17) is 43.1 Å². The molecule has 28 heteroatoms. The van der Waals surface area contributed by atoms with E-state index in [0.29, 0.717) is 28.1 Å². The van der Waals surface area contributed by atoms with Gasteiger partial charge in [-0.25, -0.2) is 31.9 Å². The van der Waals surface area contributed by atoms with E-state index >= 15 is 0 Å². The molecule has 0 bridgehead atoms. The number of hydrogen-bond donors (Lipinski definition) is 7. The second kappa shape index (κ2) is 23.6. The van der Waals surface area contributed by atoms with Gasteiger partial charge in [-0.15, -0.1) is 5.10 Å². The monoisotopic (exact) mass is 1100 g/mol.